The van der Waals surface area contributed by atoms with Crippen LogP contribution in [0, 0.1) is 5.92 Å². The highest BCUT2D eigenvalue weighted by atomic mass is 16.4. The Labute approximate surface area is 120 Å². The molecule has 0 bridgehead atoms. The molecule has 1 saturated carbocycles. The van der Waals surface area contributed by atoms with Crippen molar-refractivity contribution in [2.24, 2.45) is 5.92 Å². The second-order valence-corrected chi connectivity index (χ2v) is 5.51. The number of urea groups is 1. The summed E-state index contributed by atoms with van der Waals surface area (Å²) in [5.41, 5.74) is 0. The van der Waals surface area contributed by atoms with E-state index in [0.717, 1.165) is 19.3 Å². The fourth-order valence-electron chi connectivity index (χ4n) is 2.29. The Balaban J connectivity index is 2.64. The number of aliphatic carboxylic acids is 1. The molecule has 0 heterocycles. The van der Waals surface area contributed by atoms with E-state index in [0.29, 0.717) is 19.4 Å². The van der Waals surface area contributed by atoms with Crippen molar-refractivity contribution in [1.82, 2.24) is 10.2 Å². The van der Waals surface area contributed by atoms with Gasteiger partial charge in [0.15, 0.2) is 0 Å². The van der Waals surface area contributed by atoms with Crippen LogP contribution in [0.1, 0.15) is 46.0 Å². The molecule has 0 unspecified atom stereocenters. The smallest absolute Gasteiger partial charge is 0.326 e. The highest BCUT2D eigenvalue weighted by Crippen LogP contribution is 2.25. The van der Waals surface area contributed by atoms with Gasteiger partial charge >= 0.3 is 12.0 Å². The molecule has 2 atom stereocenters. The van der Waals surface area contributed by atoms with E-state index in [1.54, 1.807) is 4.90 Å². The third kappa shape index (κ3) is 4.37. The van der Waals surface area contributed by atoms with Crippen LogP contribution < -0.4 is 5.32 Å². The lowest BCUT2D eigenvalue weighted by Crippen LogP contribution is -2.55. The first-order valence-electron chi connectivity index (χ1n) is 7.42. The van der Waals surface area contributed by atoms with Crippen LogP contribution in [0.3, 0.4) is 0 Å². The minimum Gasteiger partial charge on any atom is -0.480 e. The normalized spacial score (nSPS) is 17.9. The number of aliphatic hydroxyl groups excluding tert-OH is 1. The molecule has 0 radical (unpaired) electrons. The van der Waals surface area contributed by atoms with Crippen LogP contribution in [0.5, 0.6) is 0 Å². The van der Waals surface area contributed by atoms with Crippen molar-refractivity contribution < 1.29 is 19.8 Å². The van der Waals surface area contributed by atoms with Gasteiger partial charge in [0.25, 0.3) is 0 Å². The summed E-state index contributed by atoms with van der Waals surface area (Å²) >= 11 is 0. The lowest BCUT2D eigenvalue weighted by Gasteiger charge is -2.38. The zero-order valence-electron chi connectivity index (χ0n) is 12.3. The number of amides is 2. The molecule has 1 fully saturated rings. The maximum absolute atomic E-state index is 12.3. The number of nitrogens with zero attached hydrogens (tertiary/aromatic N) is 1. The molecule has 0 aromatic carbocycles. The lowest BCUT2D eigenvalue weighted by atomic mass is 9.91. The summed E-state index contributed by atoms with van der Waals surface area (Å²) in [6.45, 7) is 4.23. The van der Waals surface area contributed by atoms with Crippen molar-refractivity contribution in [2.45, 2.75) is 58.0 Å². The number of hydrogen-bond acceptors (Lipinski definition) is 3. The Bertz CT molecular complexity index is 331. The van der Waals surface area contributed by atoms with Gasteiger partial charge in [-0.1, -0.05) is 20.3 Å². The van der Waals surface area contributed by atoms with Gasteiger partial charge in [-0.15, -0.1) is 0 Å². The fourth-order valence-corrected chi connectivity index (χ4v) is 2.29. The summed E-state index contributed by atoms with van der Waals surface area (Å²) in [5, 5.41) is 20.8. The molecule has 6 heteroatoms. The summed E-state index contributed by atoms with van der Waals surface area (Å²) < 4.78 is 0. The van der Waals surface area contributed by atoms with Gasteiger partial charge in [0.2, 0.25) is 0 Å². The summed E-state index contributed by atoms with van der Waals surface area (Å²) in [4.78, 5) is 25.2. The predicted octanol–water partition coefficient (Wildman–Crippen LogP) is 1.43. The zero-order chi connectivity index (χ0) is 15.1. The van der Waals surface area contributed by atoms with Crippen LogP contribution in [0.4, 0.5) is 4.79 Å². The second-order valence-electron chi connectivity index (χ2n) is 5.51. The molecule has 0 saturated heterocycles. The molecule has 0 aliphatic heterocycles. The summed E-state index contributed by atoms with van der Waals surface area (Å²) in [7, 11) is 0. The first-order chi connectivity index (χ1) is 9.51. The highest BCUT2D eigenvalue weighted by molar-refractivity contribution is 5.83. The van der Waals surface area contributed by atoms with Crippen LogP contribution in [-0.4, -0.2) is 52.3 Å². The first kappa shape index (κ1) is 16.8. The van der Waals surface area contributed by atoms with Crippen molar-refractivity contribution in [3.05, 3.63) is 0 Å². The van der Waals surface area contributed by atoms with Gasteiger partial charge in [-0.3, -0.25) is 0 Å². The average molecular weight is 286 g/mol. The number of carbonyl (C=O) groups is 2. The molecule has 3 N–H and O–H groups in total. The van der Waals surface area contributed by atoms with Crippen LogP contribution in [0.2, 0.25) is 0 Å². The minimum absolute atomic E-state index is 0.0320. The Morgan fingerprint density at radius 2 is 2.05 bits per heavy atom. The van der Waals surface area contributed by atoms with Gasteiger partial charge < -0.3 is 20.4 Å². The van der Waals surface area contributed by atoms with Gasteiger partial charge in [0, 0.05) is 19.2 Å². The zero-order valence-corrected chi connectivity index (χ0v) is 12.3. The molecule has 1 aliphatic carbocycles. The molecule has 6 nitrogen and oxygen atoms in total. The van der Waals surface area contributed by atoms with E-state index in [1.807, 2.05) is 13.8 Å². The average Bonchev–Trinajstić information content (AvgIpc) is 2.36. The number of nitrogens with one attached hydrogen (secondary N) is 1. The monoisotopic (exact) mass is 286 g/mol. The summed E-state index contributed by atoms with van der Waals surface area (Å²) in [6, 6.07) is -0.993. The maximum Gasteiger partial charge on any atom is 0.326 e. The van der Waals surface area contributed by atoms with E-state index < -0.39 is 12.0 Å². The quantitative estimate of drug-likeness (QED) is 0.629. The van der Waals surface area contributed by atoms with Crippen LogP contribution in [0.15, 0.2) is 0 Å². The van der Waals surface area contributed by atoms with E-state index >= 15 is 0 Å². The number of carbonyl (C=O) groups excluding carboxylic acids is 1. The summed E-state index contributed by atoms with van der Waals surface area (Å²) in [6.07, 6.45) is 4.23. The second kappa shape index (κ2) is 8.09. The van der Waals surface area contributed by atoms with E-state index in [1.165, 1.54) is 0 Å². The molecular weight excluding hydrogens is 260 g/mol. The molecule has 1 aliphatic rings. The number of hydrogen-bond donors (Lipinski definition) is 3. The largest absolute Gasteiger partial charge is 0.480 e. The van der Waals surface area contributed by atoms with Crippen molar-refractivity contribution >= 4 is 12.0 Å². The topological polar surface area (TPSA) is 89.9 Å². The van der Waals surface area contributed by atoms with Crippen LogP contribution >= 0.6 is 0 Å². The summed E-state index contributed by atoms with van der Waals surface area (Å²) in [5.74, 6) is -1.11. The van der Waals surface area contributed by atoms with Crippen LogP contribution in [-0.2, 0) is 4.79 Å². The van der Waals surface area contributed by atoms with E-state index in [-0.39, 0.29) is 24.6 Å². The third-order valence-corrected chi connectivity index (χ3v) is 4.09. The van der Waals surface area contributed by atoms with Gasteiger partial charge in [0.05, 0.1) is 0 Å². The molecule has 0 spiro atoms. The standard InChI is InChI=1S/C14H26N2O4/c1-3-10(2)12(13(18)19)15-14(20)16(8-5-9-17)11-6-4-7-11/h10-12,17H,3-9H2,1-2H3,(H,15,20)(H,18,19)/t10-,12-/m0/s1. The van der Waals surface area contributed by atoms with E-state index in [2.05, 4.69) is 5.32 Å². The van der Waals surface area contributed by atoms with Gasteiger partial charge in [-0.25, -0.2) is 9.59 Å². The number of aliphatic hydroxyl groups is 1. The third-order valence-electron chi connectivity index (χ3n) is 4.09. The van der Waals surface area contributed by atoms with Crippen LogP contribution in [0.25, 0.3) is 0 Å². The first-order valence-corrected chi connectivity index (χ1v) is 7.42. The van der Waals surface area contributed by atoms with E-state index in [9.17, 15) is 14.7 Å². The minimum atomic E-state index is -0.997. The van der Waals surface area contributed by atoms with Crippen molar-refractivity contribution in [3.63, 3.8) is 0 Å². The molecule has 20 heavy (non-hydrogen) atoms. The molecular formula is C14H26N2O4. The van der Waals surface area contributed by atoms with Gasteiger partial charge in [-0.05, 0) is 31.6 Å². The fraction of sp³-hybridized carbons (Fsp3) is 0.857. The molecule has 1 rings (SSSR count). The Hall–Kier alpha value is -1.30. The SMILES string of the molecule is CC[C@H](C)[C@H](NC(=O)N(CCCO)C1CCC1)C(=O)O. The van der Waals surface area contributed by atoms with Gasteiger partial charge in [-0.2, -0.15) is 0 Å². The maximum atomic E-state index is 12.3. The molecule has 0 aromatic rings. The van der Waals surface area contributed by atoms with Crippen molar-refractivity contribution in [2.75, 3.05) is 13.2 Å². The molecule has 0 aromatic heterocycles. The predicted molar refractivity (Wildman–Crippen MR) is 75.5 cm³/mol. The number of carboxylic acid groups (broad SMARTS) is 1. The van der Waals surface area contributed by atoms with Gasteiger partial charge in [0.1, 0.15) is 6.04 Å². The number of carboxylic acids is 1. The Morgan fingerprint density at radius 3 is 2.45 bits per heavy atom. The molecule has 116 valence electrons. The van der Waals surface area contributed by atoms with Crippen molar-refractivity contribution in [3.8, 4) is 0 Å². The molecule has 2 amide bonds. The Morgan fingerprint density at radius 1 is 1.40 bits per heavy atom. The lowest BCUT2D eigenvalue weighted by molar-refractivity contribution is -0.140. The highest BCUT2D eigenvalue weighted by Gasteiger charge is 2.32. The van der Waals surface area contributed by atoms with E-state index in [4.69, 9.17) is 5.11 Å². The number of rotatable bonds is 8. The Kier molecular flexibility index (Phi) is 6.78. The van der Waals surface area contributed by atoms with Crippen molar-refractivity contribution in [1.29, 1.82) is 0 Å².